The predicted octanol–water partition coefficient (Wildman–Crippen LogP) is 4.09. The summed E-state index contributed by atoms with van der Waals surface area (Å²) in [5.74, 6) is -0.872. The first kappa shape index (κ1) is 26.0. The standard InChI is InChI=1S/C25H31N5O4S/c1-14(2)11-12-28-24(32)21(18-6-5-13-34-18)30(17-9-7-16(8-10-17)15(3)4)25(33)22-19(26)20(23(27)31)29-35-22/h5-10,13-15,21H,11-12,26H2,1-4H3,(H2,27,31)(H,28,32). The van der Waals surface area contributed by atoms with E-state index in [1.54, 1.807) is 24.3 Å². The number of nitrogens with one attached hydrogen (secondary N) is 1. The van der Waals surface area contributed by atoms with Gasteiger partial charge >= 0.3 is 0 Å². The Morgan fingerprint density at radius 1 is 1.11 bits per heavy atom. The van der Waals surface area contributed by atoms with Crippen LogP contribution in [0.15, 0.2) is 47.1 Å². The molecule has 0 aliphatic heterocycles. The smallest absolute Gasteiger partial charge is 0.273 e. The van der Waals surface area contributed by atoms with Crippen LogP contribution in [-0.2, 0) is 4.79 Å². The Morgan fingerprint density at radius 3 is 2.31 bits per heavy atom. The minimum Gasteiger partial charge on any atom is -0.467 e. The van der Waals surface area contributed by atoms with Gasteiger partial charge in [-0.05, 0) is 59.6 Å². The normalized spacial score (nSPS) is 12.1. The van der Waals surface area contributed by atoms with Gasteiger partial charge in [0.05, 0.1) is 12.0 Å². The number of primary amides is 1. The van der Waals surface area contributed by atoms with Gasteiger partial charge in [0.25, 0.3) is 17.7 Å². The summed E-state index contributed by atoms with van der Waals surface area (Å²) < 4.78 is 9.55. The van der Waals surface area contributed by atoms with Gasteiger partial charge in [-0.1, -0.05) is 39.8 Å². The number of hydrogen-bond acceptors (Lipinski definition) is 7. The minimum atomic E-state index is -1.12. The first-order chi connectivity index (χ1) is 16.6. The number of nitrogens with two attached hydrogens (primary N) is 2. The van der Waals surface area contributed by atoms with Crippen LogP contribution >= 0.6 is 11.5 Å². The number of furan rings is 1. The molecular weight excluding hydrogens is 466 g/mol. The second-order valence-corrected chi connectivity index (χ2v) is 9.72. The Balaban J connectivity index is 2.11. The molecule has 0 fully saturated rings. The third-order valence-electron chi connectivity index (χ3n) is 5.55. The van der Waals surface area contributed by atoms with Crippen LogP contribution in [0.3, 0.4) is 0 Å². The summed E-state index contributed by atoms with van der Waals surface area (Å²) in [6, 6.07) is 9.53. The number of carbonyl (C=O) groups excluding carboxylic acids is 3. The lowest BCUT2D eigenvalue weighted by Gasteiger charge is -2.30. The maximum atomic E-state index is 13.9. The van der Waals surface area contributed by atoms with Crippen LogP contribution in [0.5, 0.6) is 0 Å². The first-order valence-electron chi connectivity index (χ1n) is 11.4. The lowest BCUT2D eigenvalue weighted by molar-refractivity contribution is -0.122. The van der Waals surface area contributed by atoms with Gasteiger partial charge in [0, 0.05) is 12.2 Å². The summed E-state index contributed by atoms with van der Waals surface area (Å²) in [7, 11) is 0. The maximum Gasteiger partial charge on any atom is 0.273 e. The van der Waals surface area contributed by atoms with E-state index in [-0.39, 0.29) is 27.9 Å². The van der Waals surface area contributed by atoms with E-state index in [9.17, 15) is 14.4 Å². The summed E-state index contributed by atoms with van der Waals surface area (Å²) in [5, 5.41) is 2.92. The molecular formula is C25H31N5O4S. The quantitative estimate of drug-likeness (QED) is 0.385. The van der Waals surface area contributed by atoms with Crippen molar-refractivity contribution in [1.82, 2.24) is 9.69 Å². The number of aromatic nitrogens is 1. The predicted molar refractivity (Wildman–Crippen MR) is 136 cm³/mol. The van der Waals surface area contributed by atoms with Crippen molar-refractivity contribution < 1.29 is 18.8 Å². The zero-order valence-electron chi connectivity index (χ0n) is 20.3. The molecule has 0 spiro atoms. The van der Waals surface area contributed by atoms with Crippen LogP contribution in [0, 0.1) is 5.92 Å². The fourth-order valence-electron chi connectivity index (χ4n) is 3.54. The number of rotatable bonds is 10. The molecule has 0 radical (unpaired) electrons. The van der Waals surface area contributed by atoms with E-state index in [1.807, 2.05) is 12.1 Å². The van der Waals surface area contributed by atoms with E-state index in [0.29, 0.717) is 18.2 Å². The summed E-state index contributed by atoms with van der Waals surface area (Å²) >= 11 is 0.762. The van der Waals surface area contributed by atoms with E-state index in [2.05, 4.69) is 37.4 Å². The molecule has 3 amide bonds. The van der Waals surface area contributed by atoms with Crippen LogP contribution < -0.4 is 21.7 Å². The molecule has 0 bridgehead atoms. The molecule has 0 aliphatic rings. The number of amides is 3. The highest BCUT2D eigenvalue weighted by atomic mass is 32.1. The number of carbonyl (C=O) groups is 3. The molecule has 2 aromatic heterocycles. The highest BCUT2D eigenvalue weighted by Crippen LogP contribution is 2.34. The first-order valence-corrected chi connectivity index (χ1v) is 12.2. The lowest BCUT2D eigenvalue weighted by Crippen LogP contribution is -2.44. The van der Waals surface area contributed by atoms with E-state index in [4.69, 9.17) is 15.9 Å². The van der Waals surface area contributed by atoms with Gasteiger partial charge < -0.3 is 21.2 Å². The van der Waals surface area contributed by atoms with Gasteiger partial charge in [-0.2, -0.15) is 4.37 Å². The van der Waals surface area contributed by atoms with Crippen LogP contribution in [0.1, 0.15) is 77.6 Å². The molecule has 9 nitrogen and oxygen atoms in total. The van der Waals surface area contributed by atoms with Crippen molar-refractivity contribution in [2.24, 2.45) is 11.7 Å². The Morgan fingerprint density at radius 2 is 1.80 bits per heavy atom. The Kier molecular flexibility index (Phi) is 8.29. The van der Waals surface area contributed by atoms with Gasteiger partial charge in [0.2, 0.25) is 0 Å². The van der Waals surface area contributed by atoms with Crippen LogP contribution in [0.4, 0.5) is 11.4 Å². The fourth-order valence-corrected chi connectivity index (χ4v) is 4.29. The van der Waals surface area contributed by atoms with Crippen LogP contribution in [0.25, 0.3) is 0 Å². The average molecular weight is 498 g/mol. The van der Waals surface area contributed by atoms with Crippen LogP contribution in [0.2, 0.25) is 0 Å². The van der Waals surface area contributed by atoms with Crippen molar-refractivity contribution in [3.05, 3.63) is 64.6 Å². The molecule has 0 saturated carbocycles. The van der Waals surface area contributed by atoms with Gasteiger partial charge in [0.15, 0.2) is 11.7 Å². The van der Waals surface area contributed by atoms with Gasteiger partial charge in [-0.3, -0.25) is 19.3 Å². The lowest BCUT2D eigenvalue weighted by atomic mass is 10.0. The fraction of sp³-hybridized carbons (Fsp3) is 0.360. The minimum absolute atomic E-state index is 0.0123. The van der Waals surface area contributed by atoms with Crippen molar-refractivity contribution >= 4 is 40.6 Å². The molecule has 5 N–H and O–H groups in total. The molecule has 0 saturated heterocycles. The summed E-state index contributed by atoms with van der Waals surface area (Å²) in [6.45, 7) is 8.69. The van der Waals surface area contributed by atoms with Crippen molar-refractivity contribution in [2.45, 2.75) is 46.1 Å². The van der Waals surface area contributed by atoms with E-state index in [0.717, 1.165) is 23.5 Å². The molecule has 0 aliphatic carbocycles. The summed E-state index contributed by atoms with van der Waals surface area (Å²) in [5.41, 5.74) is 12.7. The van der Waals surface area contributed by atoms with Gasteiger partial charge in [-0.15, -0.1) is 0 Å². The average Bonchev–Trinajstić information content (AvgIpc) is 3.46. The third-order valence-corrected chi connectivity index (χ3v) is 6.40. The van der Waals surface area contributed by atoms with Gasteiger partial charge in [0.1, 0.15) is 10.6 Å². The Bertz CT molecular complexity index is 1170. The summed E-state index contributed by atoms with van der Waals surface area (Å²) in [6.07, 6.45) is 2.22. The second-order valence-electron chi connectivity index (χ2n) is 8.95. The molecule has 186 valence electrons. The monoisotopic (exact) mass is 497 g/mol. The summed E-state index contributed by atoms with van der Waals surface area (Å²) in [4.78, 5) is 40.4. The van der Waals surface area contributed by atoms with E-state index < -0.39 is 23.8 Å². The largest absolute Gasteiger partial charge is 0.467 e. The van der Waals surface area contributed by atoms with Crippen molar-refractivity contribution in [3.8, 4) is 0 Å². The second kappa shape index (κ2) is 11.2. The number of nitrogen functional groups attached to an aromatic ring is 1. The Labute approximate surface area is 208 Å². The molecule has 1 unspecified atom stereocenters. The number of hydrogen-bond donors (Lipinski definition) is 3. The highest BCUT2D eigenvalue weighted by molar-refractivity contribution is 7.09. The molecule has 35 heavy (non-hydrogen) atoms. The zero-order valence-corrected chi connectivity index (χ0v) is 21.1. The highest BCUT2D eigenvalue weighted by Gasteiger charge is 2.37. The zero-order chi connectivity index (χ0) is 25.7. The van der Waals surface area contributed by atoms with Crippen molar-refractivity contribution in [3.63, 3.8) is 0 Å². The molecule has 2 heterocycles. The topological polar surface area (TPSA) is 145 Å². The Hall–Kier alpha value is -3.66. The van der Waals surface area contributed by atoms with Crippen LogP contribution in [-0.4, -0.2) is 28.6 Å². The number of nitrogens with zero attached hydrogens (tertiary/aromatic N) is 2. The maximum absolute atomic E-state index is 13.9. The van der Waals surface area contributed by atoms with Crippen molar-refractivity contribution in [2.75, 3.05) is 17.2 Å². The van der Waals surface area contributed by atoms with E-state index >= 15 is 0 Å². The molecule has 3 rings (SSSR count). The third kappa shape index (κ3) is 5.89. The molecule has 10 heteroatoms. The SMILES string of the molecule is CC(C)CCNC(=O)C(c1ccco1)N(C(=O)c1snc(C(N)=O)c1N)c1ccc(C(C)C)cc1. The van der Waals surface area contributed by atoms with Gasteiger partial charge in [-0.25, -0.2) is 0 Å². The number of benzene rings is 1. The van der Waals surface area contributed by atoms with E-state index in [1.165, 1.54) is 11.2 Å². The number of anilines is 2. The molecule has 3 aromatic rings. The molecule has 1 atom stereocenters. The molecule has 1 aromatic carbocycles. The van der Waals surface area contributed by atoms with Crippen molar-refractivity contribution in [1.29, 1.82) is 0 Å².